The molecule has 1 atom stereocenters. The third kappa shape index (κ3) is 2.40. The lowest BCUT2D eigenvalue weighted by molar-refractivity contribution is 0.415. The van der Waals surface area contributed by atoms with Crippen molar-refractivity contribution in [2.45, 2.75) is 19.4 Å². The summed E-state index contributed by atoms with van der Waals surface area (Å²) in [6.45, 7) is 2.11. The molecule has 0 bridgehead atoms. The molecule has 2 rings (SSSR count). The van der Waals surface area contributed by atoms with Crippen LogP contribution in [0.5, 0.6) is 5.75 Å². The van der Waals surface area contributed by atoms with Crippen molar-refractivity contribution in [1.29, 1.82) is 0 Å². The van der Waals surface area contributed by atoms with Crippen molar-refractivity contribution in [2.75, 3.05) is 7.11 Å². The van der Waals surface area contributed by atoms with Crippen LogP contribution in [0.3, 0.4) is 0 Å². The van der Waals surface area contributed by atoms with Crippen LogP contribution in [0.4, 0.5) is 0 Å². The fourth-order valence-electron chi connectivity index (χ4n) is 2.04. The molecule has 0 aliphatic heterocycles. The van der Waals surface area contributed by atoms with Gasteiger partial charge in [0.25, 0.3) is 0 Å². The fraction of sp³-hybridized carbons (Fsp3) is 0.286. The summed E-state index contributed by atoms with van der Waals surface area (Å²) < 4.78 is 5.21. The Bertz CT molecular complexity index is 507. The third-order valence-electron chi connectivity index (χ3n) is 3.08. The average Bonchev–Trinajstić information content (AvgIpc) is 2.39. The normalized spacial score (nSPS) is 12.6. The first-order chi connectivity index (χ1) is 8.28. The number of nitrogens with two attached hydrogens (primary N) is 1. The zero-order chi connectivity index (χ0) is 12.3. The average molecular weight is 230 g/mol. The number of hydrazine groups is 1. The van der Waals surface area contributed by atoms with Crippen LogP contribution in [0, 0.1) is 0 Å². The Morgan fingerprint density at radius 3 is 2.53 bits per heavy atom. The first-order valence-electron chi connectivity index (χ1n) is 5.82. The Morgan fingerprint density at radius 2 is 1.88 bits per heavy atom. The molecule has 0 aliphatic rings. The number of ether oxygens (including phenoxy) is 1. The summed E-state index contributed by atoms with van der Waals surface area (Å²) in [7, 11) is 1.68. The second-order valence-electron chi connectivity index (χ2n) is 4.10. The van der Waals surface area contributed by atoms with Gasteiger partial charge >= 0.3 is 0 Å². The molecule has 0 saturated heterocycles. The highest BCUT2D eigenvalue weighted by Gasteiger charge is 2.07. The van der Waals surface area contributed by atoms with Crippen molar-refractivity contribution < 1.29 is 4.74 Å². The Balaban J connectivity index is 2.44. The van der Waals surface area contributed by atoms with Crippen LogP contribution >= 0.6 is 0 Å². The van der Waals surface area contributed by atoms with Gasteiger partial charge in [0.1, 0.15) is 5.75 Å². The minimum absolute atomic E-state index is 0.210. The Kier molecular flexibility index (Phi) is 3.61. The molecule has 3 heteroatoms. The molecule has 0 saturated carbocycles. The summed E-state index contributed by atoms with van der Waals surface area (Å²) in [6, 6.07) is 12.7. The minimum atomic E-state index is 0.210. The Labute approximate surface area is 102 Å². The molecule has 0 radical (unpaired) electrons. The van der Waals surface area contributed by atoms with Crippen LogP contribution in [0.1, 0.15) is 24.9 Å². The van der Waals surface area contributed by atoms with Crippen LogP contribution in [0.25, 0.3) is 10.8 Å². The molecule has 2 aromatic carbocycles. The first-order valence-corrected chi connectivity index (χ1v) is 5.82. The van der Waals surface area contributed by atoms with Crippen LogP contribution in [-0.4, -0.2) is 7.11 Å². The van der Waals surface area contributed by atoms with Gasteiger partial charge in [0, 0.05) is 6.04 Å². The maximum absolute atomic E-state index is 5.54. The maximum atomic E-state index is 5.54. The van der Waals surface area contributed by atoms with Crippen molar-refractivity contribution in [3.8, 4) is 5.75 Å². The number of rotatable bonds is 4. The molecular weight excluding hydrogens is 212 g/mol. The largest absolute Gasteiger partial charge is 0.497 e. The van der Waals surface area contributed by atoms with E-state index in [1.807, 2.05) is 12.1 Å². The number of hydrogen-bond donors (Lipinski definition) is 2. The van der Waals surface area contributed by atoms with Crippen LogP contribution in [0.15, 0.2) is 36.4 Å². The van der Waals surface area contributed by atoms with Gasteiger partial charge in [-0.1, -0.05) is 25.1 Å². The third-order valence-corrected chi connectivity index (χ3v) is 3.08. The molecule has 2 aromatic rings. The summed E-state index contributed by atoms with van der Waals surface area (Å²) in [5.41, 5.74) is 4.05. The van der Waals surface area contributed by atoms with E-state index in [0.717, 1.165) is 12.2 Å². The highest BCUT2D eigenvalue weighted by atomic mass is 16.5. The standard InChI is InChI=1S/C14H18N2O/c1-3-14(16-15)12-5-4-11-9-13(17-2)7-6-10(11)8-12/h4-9,14,16H,3,15H2,1-2H3/t14-/m0/s1. The monoisotopic (exact) mass is 230 g/mol. The van der Waals surface area contributed by atoms with Crippen molar-refractivity contribution in [2.24, 2.45) is 5.84 Å². The van der Waals surface area contributed by atoms with Gasteiger partial charge < -0.3 is 4.74 Å². The van der Waals surface area contributed by atoms with Gasteiger partial charge in [0.2, 0.25) is 0 Å². The zero-order valence-corrected chi connectivity index (χ0v) is 10.2. The maximum Gasteiger partial charge on any atom is 0.119 e. The number of benzene rings is 2. The van der Waals surface area contributed by atoms with E-state index in [0.29, 0.717) is 0 Å². The number of hydrogen-bond acceptors (Lipinski definition) is 3. The van der Waals surface area contributed by atoms with Crippen molar-refractivity contribution in [1.82, 2.24) is 5.43 Å². The van der Waals surface area contributed by atoms with Gasteiger partial charge in [-0.3, -0.25) is 11.3 Å². The predicted octanol–water partition coefficient (Wildman–Crippen LogP) is 2.76. The SMILES string of the molecule is CC[C@H](NN)c1ccc2cc(OC)ccc2c1. The molecule has 0 aliphatic carbocycles. The molecule has 0 heterocycles. The van der Waals surface area contributed by atoms with E-state index in [-0.39, 0.29) is 6.04 Å². The summed E-state index contributed by atoms with van der Waals surface area (Å²) >= 11 is 0. The topological polar surface area (TPSA) is 47.3 Å². The van der Waals surface area contributed by atoms with Crippen molar-refractivity contribution in [3.05, 3.63) is 42.0 Å². The second-order valence-corrected chi connectivity index (χ2v) is 4.10. The molecule has 17 heavy (non-hydrogen) atoms. The van der Waals surface area contributed by atoms with Gasteiger partial charge in [-0.05, 0) is 41.0 Å². The quantitative estimate of drug-likeness (QED) is 0.627. The molecule has 90 valence electrons. The number of nitrogens with one attached hydrogen (secondary N) is 1. The van der Waals surface area contributed by atoms with E-state index in [1.54, 1.807) is 7.11 Å². The van der Waals surface area contributed by atoms with Crippen molar-refractivity contribution >= 4 is 10.8 Å². The smallest absolute Gasteiger partial charge is 0.119 e. The highest BCUT2D eigenvalue weighted by molar-refractivity contribution is 5.84. The first kappa shape index (κ1) is 11.9. The van der Waals surface area contributed by atoms with E-state index < -0.39 is 0 Å². The van der Waals surface area contributed by atoms with Gasteiger partial charge in [-0.25, -0.2) is 0 Å². The lowest BCUT2D eigenvalue weighted by atomic mass is 10.0. The lowest BCUT2D eigenvalue weighted by Gasteiger charge is -2.14. The summed E-state index contributed by atoms with van der Waals surface area (Å²) in [4.78, 5) is 0. The molecule has 3 N–H and O–H groups in total. The highest BCUT2D eigenvalue weighted by Crippen LogP contribution is 2.25. The van der Waals surface area contributed by atoms with Gasteiger partial charge in [0.15, 0.2) is 0 Å². The molecule has 0 amide bonds. The summed E-state index contributed by atoms with van der Waals surface area (Å²) in [5.74, 6) is 6.42. The van der Waals surface area contributed by atoms with E-state index in [1.165, 1.54) is 16.3 Å². The molecule has 0 aromatic heterocycles. The molecule has 0 spiro atoms. The Hall–Kier alpha value is -1.58. The zero-order valence-electron chi connectivity index (χ0n) is 10.2. The van der Waals surface area contributed by atoms with Gasteiger partial charge in [0.05, 0.1) is 7.11 Å². The minimum Gasteiger partial charge on any atom is -0.497 e. The molecule has 0 fully saturated rings. The van der Waals surface area contributed by atoms with E-state index in [2.05, 4.69) is 36.6 Å². The van der Waals surface area contributed by atoms with Crippen LogP contribution < -0.4 is 16.0 Å². The number of methoxy groups -OCH3 is 1. The lowest BCUT2D eigenvalue weighted by Crippen LogP contribution is -2.27. The molecular formula is C14H18N2O. The van der Waals surface area contributed by atoms with Crippen LogP contribution in [-0.2, 0) is 0 Å². The van der Waals surface area contributed by atoms with Crippen molar-refractivity contribution in [3.63, 3.8) is 0 Å². The molecule has 0 unspecified atom stereocenters. The van der Waals surface area contributed by atoms with E-state index >= 15 is 0 Å². The van der Waals surface area contributed by atoms with Crippen LogP contribution in [0.2, 0.25) is 0 Å². The second kappa shape index (κ2) is 5.17. The van der Waals surface area contributed by atoms with Gasteiger partial charge in [-0.2, -0.15) is 0 Å². The predicted molar refractivity (Wildman–Crippen MR) is 70.9 cm³/mol. The van der Waals surface area contributed by atoms with E-state index in [4.69, 9.17) is 10.6 Å². The van der Waals surface area contributed by atoms with Gasteiger partial charge in [-0.15, -0.1) is 0 Å². The fourth-order valence-corrected chi connectivity index (χ4v) is 2.04. The molecule has 3 nitrogen and oxygen atoms in total. The Morgan fingerprint density at radius 1 is 1.18 bits per heavy atom. The van der Waals surface area contributed by atoms with E-state index in [9.17, 15) is 0 Å². The number of fused-ring (bicyclic) bond motifs is 1. The summed E-state index contributed by atoms with van der Waals surface area (Å²) in [5, 5.41) is 2.39. The summed E-state index contributed by atoms with van der Waals surface area (Å²) in [6.07, 6.45) is 0.970.